The van der Waals surface area contributed by atoms with Crippen molar-refractivity contribution in [1.29, 1.82) is 0 Å². The minimum absolute atomic E-state index is 0.439. The summed E-state index contributed by atoms with van der Waals surface area (Å²) >= 11 is 0. The van der Waals surface area contributed by atoms with Crippen LogP contribution in [-0.4, -0.2) is 0 Å². The van der Waals surface area contributed by atoms with E-state index in [1.165, 1.54) is 77.5 Å². The Bertz CT molecular complexity index is 3530. The predicted octanol–water partition coefficient (Wildman–Crippen LogP) is 17.5. The normalized spacial score (nSPS) is 12.6. The first-order chi connectivity index (χ1) is 33.3. The minimum atomic E-state index is -0.439. The van der Waals surface area contributed by atoms with Crippen LogP contribution in [0.25, 0.3) is 55.3 Å². The maximum Gasteiger partial charge on any atom is 0.0726 e. The van der Waals surface area contributed by atoms with E-state index in [0.717, 1.165) is 34.1 Å². The standard InChI is InChI=1S/C65H44N2/c1-4-19-45(20-5-1)46-35-39-50(40-36-46)67(63-34-18-33-61-64(63)57-29-14-17-32-60(57)65(61)58-30-15-12-26-54(58)55-27-13-16-31-59(55)65)51-41-37-47(38-42-51)52-43-44-62(56-28-11-10-25-53(52)56)66(48-21-6-2-7-22-48)49-23-8-3-9-24-49/h1-44H. The summed E-state index contributed by atoms with van der Waals surface area (Å²) in [5.41, 5.74) is 21.5. The van der Waals surface area contributed by atoms with Crippen molar-refractivity contribution in [3.63, 3.8) is 0 Å². The highest BCUT2D eigenvalue weighted by Gasteiger charge is 2.52. The van der Waals surface area contributed by atoms with Gasteiger partial charge in [0, 0.05) is 33.7 Å². The van der Waals surface area contributed by atoms with Gasteiger partial charge in [0.1, 0.15) is 0 Å². The monoisotopic (exact) mass is 852 g/mol. The largest absolute Gasteiger partial charge is 0.310 e. The van der Waals surface area contributed by atoms with Gasteiger partial charge >= 0.3 is 0 Å². The van der Waals surface area contributed by atoms with Gasteiger partial charge in [-0.15, -0.1) is 0 Å². The maximum absolute atomic E-state index is 2.47. The third-order valence-corrected chi connectivity index (χ3v) is 14.1. The Labute approximate surface area is 391 Å². The fourth-order valence-electron chi connectivity index (χ4n) is 11.3. The number of anilines is 6. The molecule has 1 spiro atoms. The first kappa shape index (κ1) is 38.7. The van der Waals surface area contributed by atoms with E-state index < -0.39 is 5.41 Å². The zero-order chi connectivity index (χ0) is 44.3. The maximum atomic E-state index is 2.47. The van der Waals surface area contributed by atoms with Crippen molar-refractivity contribution in [2.75, 3.05) is 9.80 Å². The van der Waals surface area contributed by atoms with Crippen LogP contribution < -0.4 is 9.80 Å². The van der Waals surface area contributed by atoms with Crippen LogP contribution in [0.3, 0.4) is 0 Å². The van der Waals surface area contributed by atoms with Crippen molar-refractivity contribution >= 4 is 44.9 Å². The smallest absolute Gasteiger partial charge is 0.0726 e. The molecule has 11 aromatic rings. The highest BCUT2D eigenvalue weighted by molar-refractivity contribution is 6.07. The summed E-state index contributed by atoms with van der Waals surface area (Å²) in [5.74, 6) is 0. The van der Waals surface area contributed by atoms with Gasteiger partial charge in [-0.3, -0.25) is 0 Å². The molecule has 0 heterocycles. The third-order valence-electron chi connectivity index (χ3n) is 14.1. The second-order valence-electron chi connectivity index (χ2n) is 17.6. The van der Waals surface area contributed by atoms with Crippen LogP contribution in [0.1, 0.15) is 22.3 Å². The highest BCUT2D eigenvalue weighted by atomic mass is 15.1. The number of rotatable bonds is 8. The molecule has 0 amide bonds. The van der Waals surface area contributed by atoms with E-state index in [0.29, 0.717) is 0 Å². The van der Waals surface area contributed by atoms with E-state index >= 15 is 0 Å². The summed E-state index contributed by atoms with van der Waals surface area (Å²) in [6.45, 7) is 0. The quantitative estimate of drug-likeness (QED) is 0.150. The van der Waals surface area contributed by atoms with Crippen molar-refractivity contribution in [3.05, 3.63) is 289 Å². The first-order valence-corrected chi connectivity index (χ1v) is 23.2. The lowest BCUT2D eigenvalue weighted by Gasteiger charge is -2.32. The van der Waals surface area contributed by atoms with Gasteiger partial charge in [0.25, 0.3) is 0 Å². The van der Waals surface area contributed by atoms with Gasteiger partial charge in [-0.1, -0.05) is 206 Å². The zero-order valence-electron chi connectivity index (χ0n) is 36.8. The van der Waals surface area contributed by atoms with Gasteiger partial charge in [0.05, 0.1) is 16.8 Å². The summed E-state index contributed by atoms with van der Waals surface area (Å²) in [6, 6.07) is 97.8. The molecule has 0 aromatic heterocycles. The molecular weight excluding hydrogens is 809 g/mol. The Balaban J connectivity index is 0.980. The van der Waals surface area contributed by atoms with E-state index in [1.54, 1.807) is 0 Å². The molecule has 0 saturated heterocycles. The summed E-state index contributed by atoms with van der Waals surface area (Å²) in [5, 5.41) is 2.40. The Morgan fingerprint density at radius 1 is 0.224 bits per heavy atom. The molecule has 0 unspecified atom stereocenters. The molecule has 0 radical (unpaired) electrons. The molecule has 2 aliphatic carbocycles. The molecule has 314 valence electrons. The number of hydrogen-bond donors (Lipinski definition) is 0. The SMILES string of the molecule is c1ccc(-c2ccc(N(c3ccc(-c4ccc(N(c5ccccc5)c5ccccc5)c5ccccc45)cc3)c3cccc4c3-c3ccccc3C43c4ccccc4-c4ccccc43)cc2)cc1. The van der Waals surface area contributed by atoms with E-state index in [1.807, 2.05) is 0 Å². The fraction of sp³-hybridized carbons (Fsp3) is 0.0154. The Morgan fingerprint density at radius 2 is 0.642 bits per heavy atom. The van der Waals surface area contributed by atoms with Gasteiger partial charge < -0.3 is 9.80 Å². The van der Waals surface area contributed by atoms with E-state index in [-0.39, 0.29) is 0 Å². The van der Waals surface area contributed by atoms with Crippen LogP contribution in [0.4, 0.5) is 34.1 Å². The number of para-hydroxylation sites is 2. The molecule has 67 heavy (non-hydrogen) atoms. The van der Waals surface area contributed by atoms with Crippen molar-refractivity contribution in [1.82, 2.24) is 0 Å². The Kier molecular flexibility index (Phi) is 9.11. The van der Waals surface area contributed by atoms with Gasteiger partial charge in [-0.25, -0.2) is 0 Å². The van der Waals surface area contributed by atoms with E-state index in [4.69, 9.17) is 0 Å². The molecule has 0 saturated carbocycles. The molecule has 13 rings (SSSR count). The molecule has 2 heteroatoms. The molecular formula is C65H44N2. The second kappa shape index (κ2) is 15.8. The molecule has 0 bridgehead atoms. The van der Waals surface area contributed by atoms with Gasteiger partial charge in [0.2, 0.25) is 0 Å². The average molecular weight is 853 g/mol. The number of hydrogen-bond acceptors (Lipinski definition) is 2. The lowest BCUT2D eigenvalue weighted by molar-refractivity contribution is 0.794. The lowest BCUT2D eigenvalue weighted by Crippen LogP contribution is -2.26. The Hall–Kier alpha value is -8.72. The number of benzene rings is 11. The van der Waals surface area contributed by atoms with Crippen LogP contribution >= 0.6 is 0 Å². The van der Waals surface area contributed by atoms with Gasteiger partial charge in [0.15, 0.2) is 0 Å². The topological polar surface area (TPSA) is 6.48 Å². The molecule has 2 nitrogen and oxygen atoms in total. The van der Waals surface area contributed by atoms with Crippen LogP contribution in [0.15, 0.2) is 267 Å². The van der Waals surface area contributed by atoms with Crippen molar-refractivity contribution in [3.8, 4) is 44.5 Å². The van der Waals surface area contributed by atoms with Crippen LogP contribution in [0.5, 0.6) is 0 Å². The third kappa shape index (κ3) is 6.04. The van der Waals surface area contributed by atoms with Crippen molar-refractivity contribution < 1.29 is 0 Å². The second-order valence-corrected chi connectivity index (χ2v) is 17.6. The van der Waals surface area contributed by atoms with E-state index in [2.05, 4.69) is 277 Å². The van der Waals surface area contributed by atoms with E-state index in [9.17, 15) is 0 Å². The van der Waals surface area contributed by atoms with Crippen LogP contribution in [-0.2, 0) is 5.41 Å². The average Bonchev–Trinajstić information content (AvgIpc) is 3.88. The molecule has 2 aliphatic rings. The van der Waals surface area contributed by atoms with Gasteiger partial charge in [-0.2, -0.15) is 0 Å². The first-order valence-electron chi connectivity index (χ1n) is 23.2. The lowest BCUT2D eigenvalue weighted by atomic mass is 9.70. The molecule has 0 aliphatic heterocycles. The number of nitrogens with zero attached hydrogens (tertiary/aromatic N) is 2. The molecule has 0 atom stereocenters. The van der Waals surface area contributed by atoms with Crippen molar-refractivity contribution in [2.45, 2.75) is 5.41 Å². The summed E-state index contributed by atoms with van der Waals surface area (Å²) in [7, 11) is 0. The summed E-state index contributed by atoms with van der Waals surface area (Å²) < 4.78 is 0. The predicted molar refractivity (Wildman–Crippen MR) is 280 cm³/mol. The number of fused-ring (bicyclic) bond motifs is 11. The zero-order valence-corrected chi connectivity index (χ0v) is 36.8. The highest BCUT2D eigenvalue weighted by Crippen LogP contribution is 2.64. The Morgan fingerprint density at radius 3 is 1.24 bits per heavy atom. The minimum Gasteiger partial charge on any atom is -0.310 e. The molecule has 11 aromatic carbocycles. The summed E-state index contributed by atoms with van der Waals surface area (Å²) in [4.78, 5) is 4.83. The summed E-state index contributed by atoms with van der Waals surface area (Å²) in [6.07, 6.45) is 0. The van der Waals surface area contributed by atoms with Crippen molar-refractivity contribution in [2.24, 2.45) is 0 Å². The molecule has 0 N–H and O–H groups in total. The fourth-order valence-corrected chi connectivity index (χ4v) is 11.3. The molecule has 0 fully saturated rings. The van der Waals surface area contributed by atoms with Crippen LogP contribution in [0, 0.1) is 0 Å². The van der Waals surface area contributed by atoms with Crippen LogP contribution in [0.2, 0.25) is 0 Å². The van der Waals surface area contributed by atoms with Gasteiger partial charge in [-0.05, 0) is 127 Å².